The van der Waals surface area contributed by atoms with Gasteiger partial charge < -0.3 is 14.2 Å². The van der Waals surface area contributed by atoms with Crippen molar-refractivity contribution in [1.29, 1.82) is 0 Å². The number of benzene rings is 1. The molecule has 84 valence electrons. The Bertz CT molecular complexity index is 474. The van der Waals surface area contributed by atoms with Crippen molar-refractivity contribution >= 4 is 11.9 Å². The highest BCUT2D eigenvalue weighted by molar-refractivity contribution is 6.16. The van der Waals surface area contributed by atoms with Gasteiger partial charge >= 0.3 is 0 Å². The van der Waals surface area contributed by atoms with E-state index in [1.165, 1.54) is 20.3 Å². The van der Waals surface area contributed by atoms with E-state index in [1.54, 1.807) is 19.3 Å². The number of hydrogen-bond donors (Lipinski definition) is 0. The smallest absolute Gasteiger partial charge is 0.204 e. The molecule has 0 saturated carbocycles. The second-order valence-corrected chi connectivity index (χ2v) is 3.31. The molecule has 0 N–H and O–H groups in total. The first-order valence-corrected chi connectivity index (χ1v) is 4.78. The molecule has 16 heavy (non-hydrogen) atoms. The summed E-state index contributed by atoms with van der Waals surface area (Å²) < 4.78 is 15.6. The van der Waals surface area contributed by atoms with Crippen molar-refractivity contribution in [3.8, 4) is 17.2 Å². The quantitative estimate of drug-likeness (QED) is 0.780. The van der Waals surface area contributed by atoms with Crippen molar-refractivity contribution in [3.63, 3.8) is 0 Å². The maximum absolute atomic E-state index is 11.6. The first-order chi connectivity index (χ1) is 7.72. The van der Waals surface area contributed by atoms with Gasteiger partial charge in [-0.3, -0.25) is 4.79 Å². The van der Waals surface area contributed by atoms with Gasteiger partial charge in [-0.1, -0.05) is 6.08 Å². The van der Waals surface area contributed by atoms with E-state index < -0.39 is 0 Å². The van der Waals surface area contributed by atoms with Gasteiger partial charge in [0.15, 0.2) is 17.3 Å². The van der Waals surface area contributed by atoms with Gasteiger partial charge in [-0.15, -0.1) is 0 Å². The molecule has 1 aromatic carbocycles. The Morgan fingerprint density at radius 1 is 0.938 bits per heavy atom. The Kier molecular flexibility index (Phi) is 2.56. The number of methoxy groups -OCH3 is 3. The Morgan fingerprint density at radius 2 is 1.62 bits per heavy atom. The zero-order valence-corrected chi connectivity index (χ0v) is 9.37. The lowest BCUT2D eigenvalue weighted by Crippen LogP contribution is -2.02. The Morgan fingerprint density at radius 3 is 2.19 bits per heavy atom. The van der Waals surface area contributed by atoms with Gasteiger partial charge in [0.1, 0.15) is 0 Å². The van der Waals surface area contributed by atoms with E-state index in [2.05, 4.69) is 0 Å². The largest absolute Gasteiger partial charge is 0.493 e. The standard InChI is InChI=1S/C12H12O4/c1-14-9-6-7-4-5-8(13)10(7)12(16-3)11(9)15-2/h4-6H,1-3H3. The van der Waals surface area contributed by atoms with Crippen molar-refractivity contribution in [1.82, 2.24) is 0 Å². The first kappa shape index (κ1) is 10.5. The van der Waals surface area contributed by atoms with Crippen LogP contribution in [0, 0.1) is 0 Å². The van der Waals surface area contributed by atoms with Crippen molar-refractivity contribution in [3.05, 3.63) is 23.3 Å². The molecule has 0 aliphatic heterocycles. The molecule has 0 heterocycles. The molecule has 0 aromatic heterocycles. The number of fused-ring (bicyclic) bond motifs is 1. The van der Waals surface area contributed by atoms with E-state index in [-0.39, 0.29) is 5.78 Å². The van der Waals surface area contributed by atoms with Crippen LogP contribution in [0.1, 0.15) is 15.9 Å². The number of hydrogen-bond acceptors (Lipinski definition) is 4. The van der Waals surface area contributed by atoms with Crippen LogP contribution in [0.4, 0.5) is 0 Å². The Labute approximate surface area is 93.4 Å². The number of rotatable bonds is 3. The lowest BCUT2D eigenvalue weighted by Gasteiger charge is -2.15. The van der Waals surface area contributed by atoms with Crippen LogP contribution in [0.15, 0.2) is 12.1 Å². The zero-order chi connectivity index (χ0) is 11.7. The minimum Gasteiger partial charge on any atom is -0.493 e. The summed E-state index contributed by atoms with van der Waals surface area (Å²) in [5.74, 6) is 1.35. The number of ether oxygens (including phenoxy) is 3. The maximum atomic E-state index is 11.6. The van der Waals surface area contributed by atoms with Crippen LogP contribution in [0.3, 0.4) is 0 Å². The van der Waals surface area contributed by atoms with Crippen LogP contribution < -0.4 is 14.2 Å². The van der Waals surface area contributed by atoms with Gasteiger partial charge in [-0.05, 0) is 17.7 Å². The molecule has 1 aromatic rings. The third-order valence-electron chi connectivity index (χ3n) is 2.52. The second-order valence-electron chi connectivity index (χ2n) is 3.31. The predicted molar refractivity (Wildman–Crippen MR) is 59.5 cm³/mol. The van der Waals surface area contributed by atoms with Crippen LogP contribution in [0.25, 0.3) is 6.08 Å². The summed E-state index contributed by atoms with van der Waals surface area (Å²) in [5, 5.41) is 0. The van der Waals surface area contributed by atoms with E-state index in [4.69, 9.17) is 14.2 Å². The molecular weight excluding hydrogens is 208 g/mol. The number of carbonyl (C=O) groups excluding carboxylic acids is 1. The summed E-state index contributed by atoms with van der Waals surface area (Å²) in [6.45, 7) is 0. The fourth-order valence-corrected chi connectivity index (χ4v) is 1.81. The third-order valence-corrected chi connectivity index (χ3v) is 2.52. The molecule has 0 amide bonds. The molecule has 1 aliphatic carbocycles. The predicted octanol–water partition coefficient (Wildman–Crippen LogP) is 1.92. The number of allylic oxidation sites excluding steroid dienone is 1. The van der Waals surface area contributed by atoms with Gasteiger partial charge in [0.25, 0.3) is 0 Å². The molecule has 0 bridgehead atoms. The highest BCUT2D eigenvalue weighted by atomic mass is 16.5. The fraction of sp³-hybridized carbons (Fsp3) is 0.250. The third kappa shape index (κ3) is 1.34. The minimum atomic E-state index is -0.0761. The number of carbonyl (C=O) groups is 1. The topological polar surface area (TPSA) is 44.8 Å². The average Bonchev–Trinajstić information content (AvgIpc) is 2.68. The molecule has 4 heteroatoms. The van der Waals surface area contributed by atoms with Gasteiger partial charge in [-0.2, -0.15) is 0 Å². The normalized spacial score (nSPS) is 12.6. The van der Waals surface area contributed by atoms with Crippen molar-refractivity contribution in [2.45, 2.75) is 0 Å². The highest BCUT2D eigenvalue weighted by Gasteiger charge is 2.25. The molecule has 2 rings (SSSR count). The van der Waals surface area contributed by atoms with E-state index in [0.29, 0.717) is 22.8 Å². The molecule has 0 unspecified atom stereocenters. The van der Waals surface area contributed by atoms with Crippen molar-refractivity contribution in [2.24, 2.45) is 0 Å². The summed E-state index contributed by atoms with van der Waals surface area (Å²) in [5.41, 5.74) is 1.32. The monoisotopic (exact) mass is 220 g/mol. The average molecular weight is 220 g/mol. The SMILES string of the molecule is COc1cc2c(c(OC)c1OC)C(=O)C=C2. The molecular formula is C12H12O4. The van der Waals surface area contributed by atoms with E-state index in [9.17, 15) is 4.79 Å². The summed E-state index contributed by atoms with van der Waals surface area (Å²) in [6, 6.07) is 1.76. The van der Waals surface area contributed by atoms with Crippen LogP contribution in [-0.4, -0.2) is 27.1 Å². The minimum absolute atomic E-state index is 0.0761. The molecule has 0 spiro atoms. The van der Waals surface area contributed by atoms with Gasteiger partial charge in [0.2, 0.25) is 5.75 Å². The van der Waals surface area contributed by atoms with Crippen molar-refractivity contribution < 1.29 is 19.0 Å². The molecule has 0 saturated heterocycles. The molecule has 0 radical (unpaired) electrons. The summed E-state index contributed by atoms with van der Waals surface area (Å²) >= 11 is 0. The summed E-state index contributed by atoms with van der Waals surface area (Å²) in [7, 11) is 4.56. The van der Waals surface area contributed by atoms with Crippen LogP contribution in [0.5, 0.6) is 17.2 Å². The van der Waals surface area contributed by atoms with Crippen LogP contribution in [-0.2, 0) is 0 Å². The fourth-order valence-electron chi connectivity index (χ4n) is 1.81. The molecule has 0 fully saturated rings. The zero-order valence-electron chi connectivity index (χ0n) is 9.37. The Hall–Kier alpha value is -1.97. The molecule has 0 atom stereocenters. The van der Waals surface area contributed by atoms with Crippen molar-refractivity contribution in [2.75, 3.05) is 21.3 Å². The Balaban J connectivity index is 2.73. The van der Waals surface area contributed by atoms with Gasteiger partial charge in [-0.25, -0.2) is 0 Å². The van der Waals surface area contributed by atoms with Crippen LogP contribution in [0.2, 0.25) is 0 Å². The summed E-state index contributed by atoms with van der Waals surface area (Å²) in [6.07, 6.45) is 3.24. The second kappa shape index (κ2) is 3.89. The number of ketones is 1. The van der Waals surface area contributed by atoms with Gasteiger partial charge in [0, 0.05) is 0 Å². The van der Waals surface area contributed by atoms with E-state index in [1.807, 2.05) is 0 Å². The highest BCUT2D eigenvalue weighted by Crippen LogP contribution is 2.44. The maximum Gasteiger partial charge on any atom is 0.204 e. The molecule has 1 aliphatic rings. The summed E-state index contributed by atoms with van der Waals surface area (Å²) in [4.78, 5) is 11.6. The van der Waals surface area contributed by atoms with E-state index in [0.717, 1.165) is 5.56 Å². The first-order valence-electron chi connectivity index (χ1n) is 4.78. The van der Waals surface area contributed by atoms with E-state index >= 15 is 0 Å². The lowest BCUT2D eigenvalue weighted by molar-refractivity contribution is 0.104. The van der Waals surface area contributed by atoms with Gasteiger partial charge in [0.05, 0.1) is 26.9 Å². The van der Waals surface area contributed by atoms with Crippen LogP contribution >= 0.6 is 0 Å². The molecule has 4 nitrogen and oxygen atoms in total. The lowest BCUT2D eigenvalue weighted by atomic mass is 10.1.